The summed E-state index contributed by atoms with van der Waals surface area (Å²) in [7, 11) is 1.49. The first-order valence-electron chi connectivity index (χ1n) is 8.32. The van der Waals surface area contributed by atoms with Crippen LogP contribution >= 0.6 is 11.6 Å². The van der Waals surface area contributed by atoms with E-state index in [0.717, 1.165) is 0 Å². The van der Waals surface area contributed by atoms with E-state index in [-0.39, 0.29) is 30.6 Å². The van der Waals surface area contributed by atoms with Gasteiger partial charge in [-0.15, -0.1) is 0 Å². The molecule has 0 fully saturated rings. The van der Waals surface area contributed by atoms with Crippen molar-refractivity contribution in [3.63, 3.8) is 0 Å². The molecule has 27 heavy (non-hydrogen) atoms. The highest BCUT2D eigenvalue weighted by Crippen LogP contribution is 2.28. The molecule has 0 unspecified atom stereocenters. The van der Waals surface area contributed by atoms with Crippen LogP contribution in [-0.4, -0.2) is 30.9 Å². The maximum Gasteiger partial charge on any atom is 0.254 e. The van der Waals surface area contributed by atoms with Gasteiger partial charge in [0.15, 0.2) is 0 Å². The van der Waals surface area contributed by atoms with Crippen molar-refractivity contribution < 1.29 is 19.1 Å². The summed E-state index contributed by atoms with van der Waals surface area (Å²) in [6.07, 6.45) is 0.185. The molecule has 0 saturated heterocycles. The van der Waals surface area contributed by atoms with Crippen LogP contribution in [-0.2, 0) is 9.59 Å². The van der Waals surface area contributed by atoms with Gasteiger partial charge in [-0.2, -0.15) is 0 Å². The molecule has 8 heteroatoms. The van der Waals surface area contributed by atoms with Crippen LogP contribution in [0.15, 0.2) is 42.5 Å². The Hall–Kier alpha value is -3.06. The lowest BCUT2D eigenvalue weighted by molar-refractivity contribution is -0.118. The smallest absolute Gasteiger partial charge is 0.254 e. The number of ether oxygens (including phenoxy) is 1. The Kier molecular flexibility index (Phi) is 5.61. The van der Waals surface area contributed by atoms with Crippen molar-refractivity contribution >= 4 is 40.7 Å². The summed E-state index contributed by atoms with van der Waals surface area (Å²) >= 11 is 5.95. The summed E-state index contributed by atoms with van der Waals surface area (Å²) in [6.45, 7) is 0. The summed E-state index contributed by atoms with van der Waals surface area (Å²) in [5.74, 6) is -0.560. The topological polar surface area (TPSA) is 96.5 Å². The van der Waals surface area contributed by atoms with Crippen LogP contribution in [0.4, 0.5) is 11.4 Å². The van der Waals surface area contributed by atoms with Gasteiger partial charge in [-0.25, -0.2) is 0 Å². The van der Waals surface area contributed by atoms with Gasteiger partial charge < -0.3 is 20.7 Å². The highest BCUT2D eigenvalue weighted by molar-refractivity contribution is 6.31. The van der Waals surface area contributed by atoms with E-state index in [1.54, 1.807) is 42.5 Å². The number of nitrogens with one attached hydrogen (secondary N) is 3. The predicted molar refractivity (Wildman–Crippen MR) is 102 cm³/mol. The third-order valence-corrected chi connectivity index (χ3v) is 4.38. The molecule has 140 valence electrons. The van der Waals surface area contributed by atoms with Crippen molar-refractivity contribution in [2.45, 2.75) is 18.9 Å². The van der Waals surface area contributed by atoms with E-state index in [0.29, 0.717) is 27.7 Å². The lowest BCUT2D eigenvalue weighted by Gasteiger charge is -2.15. The summed E-state index contributed by atoms with van der Waals surface area (Å²) < 4.78 is 5.18. The lowest BCUT2D eigenvalue weighted by atomic mass is 10.1. The van der Waals surface area contributed by atoms with E-state index in [9.17, 15) is 14.4 Å². The number of fused-ring (bicyclic) bond motifs is 1. The molecular weight excluding hydrogens is 370 g/mol. The molecule has 0 bridgehead atoms. The largest absolute Gasteiger partial charge is 0.495 e. The molecule has 3 N–H and O–H groups in total. The first-order chi connectivity index (χ1) is 13.0. The zero-order valence-corrected chi connectivity index (χ0v) is 15.3. The Bertz CT molecular complexity index is 900. The quantitative estimate of drug-likeness (QED) is 0.735. The summed E-state index contributed by atoms with van der Waals surface area (Å²) in [5, 5.41) is 8.54. The van der Waals surface area contributed by atoms with Crippen LogP contribution in [0.5, 0.6) is 5.75 Å². The molecule has 1 heterocycles. The van der Waals surface area contributed by atoms with Crippen LogP contribution in [0.3, 0.4) is 0 Å². The van der Waals surface area contributed by atoms with Gasteiger partial charge in [-0.05, 0) is 36.8 Å². The van der Waals surface area contributed by atoms with Crippen molar-refractivity contribution in [3.05, 3.63) is 53.1 Å². The van der Waals surface area contributed by atoms with E-state index < -0.39 is 6.04 Å². The lowest BCUT2D eigenvalue weighted by Crippen LogP contribution is -2.41. The SMILES string of the molecule is COc1ccc(Cl)cc1NC(=O)CC[C@@H]1NC(=O)c2ccccc2NC1=O. The second kappa shape index (κ2) is 8.09. The molecule has 0 saturated carbocycles. The molecule has 0 spiro atoms. The summed E-state index contributed by atoms with van der Waals surface area (Å²) in [5.41, 5.74) is 1.29. The second-order valence-electron chi connectivity index (χ2n) is 5.99. The Morgan fingerprint density at radius 1 is 1.22 bits per heavy atom. The Labute approximate surface area is 161 Å². The molecule has 1 aliphatic heterocycles. The third-order valence-electron chi connectivity index (χ3n) is 4.15. The van der Waals surface area contributed by atoms with E-state index in [2.05, 4.69) is 16.0 Å². The monoisotopic (exact) mass is 387 g/mol. The molecule has 2 aromatic carbocycles. The van der Waals surface area contributed by atoms with Gasteiger partial charge in [0.05, 0.1) is 24.0 Å². The van der Waals surface area contributed by atoms with Gasteiger partial charge in [0.1, 0.15) is 11.8 Å². The normalized spacial score (nSPS) is 15.9. The number of hydrogen-bond acceptors (Lipinski definition) is 4. The van der Waals surface area contributed by atoms with Crippen molar-refractivity contribution in [1.29, 1.82) is 0 Å². The first-order valence-corrected chi connectivity index (χ1v) is 8.70. The van der Waals surface area contributed by atoms with Crippen LogP contribution < -0.4 is 20.7 Å². The van der Waals surface area contributed by atoms with Crippen molar-refractivity contribution in [3.8, 4) is 5.75 Å². The Balaban J connectivity index is 1.63. The van der Waals surface area contributed by atoms with Crippen molar-refractivity contribution in [1.82, 2.24) is 5.32 Å². The van der Waals surface area contributed by atoms with Gasteiger partial charge in [0, 0.05) is 11.4 Å². The number of carbonyl (C=O) groups excluding carboxylic acids is 3. The minimum Gasteiger partial charge on any atom is -0.495 e. The standard InChI is InChI=1S/C19H18ClN3O4/c1-27-16-8-6-11(20)10-15(16)21-17(24)9-7-14-19(26)22-13-5-3-2-4-12(13)18(25)23-14/h2-6,8,10,14H,7,9H2,1H3,(H,21,24)(H,22,26)(H,23,25)/t14-/m0/s1. The average molecular weight is 388 g/mol. The highest BCUT2D eigenvalue weighted by Gasteiger charge is 2.27. The minimum atomic E-state index is -0.808. The number of para-hydroxylation sites is 1. The summed E-state index contributed by atoms with van der Waals surface area (Å²) in [4.78, 5) is 36.9. The molecule has 0 aliphatic carbocycles. The number of anilines is 2. The molecule has 2 aromatic rings. The van der Waals surface area contributed by atoms with Crippen molar-refractivity contribution in [2.24, 2.45) is 0 Å². The molecule has 0 radical (unpaired) electrons. The van der Waals surface area contributed by atoms with E-state index in [1.807, 2.05) is 0 Å². The highest BCUT2D eigenvalue weighted by atomic mass is 35.5. The number of halogens is 1. The zero-order valence-electron chi connectivity index (χ0n) is 14.5. The fourth-order valence-electron chi connectivity index (χ4n) is 2.78. The predicted octanol–water partition coefficient (Wildman–Crippen LogP) is 2.82. The second-order valence-corrected chi connectivity index (χ2v) is 6.43. The minimum absolute atomic E-state index is 0.0321. The van der Waals surface area contributed by atoms with Gasteiger partial charge in [0.25, 0.3) is 5.91 Å². The van der Waals surface area contributed by atoms with Gasteiger partial charge >= 0.3 is 0 Å². The number of benzene rings is 2. The number of methoxy groups -OCH3 is 1. The fourth-order valence-corrected chi connectivity index (χ4v) is 2.95. The van der Waals surface area contributed by atoms with Gasteiger partial charge in [-0.3, -0.25) is 14.4 Å². The Morgan fingerprint density at radius 3 is 2.78 bits per heavy atom. The molecule has 3 amide bonds. The molecule has 3 rings (SSSR count). The van der Waals surface area contributed by atoms with E-state index >= 15 is 0 Å². The number of rotatable bonds is 5. The maximum absolute atomic E-state index is 12.3. The summed E-state index contributed by atoms with van der Waals surface area (Å²) in [6, 6.07) is 10.8. The first kappa shape index (κ1) is 18.7. The fraction of sp³-hybridized carbons (Fsp3) is 0.211. The van der Waals surface area contributed by atoms with Gasteiger partial charge in [0.2, 0.25) is 11.8 Å². The maximum atomic E-state index is 12.3. The molecular formula is C19H18ClN3O4. The average Bonchev–Trinajstić information content (AvgIpc) is 2.76. The van der Waals surface area contributed by atoms with Crippen LogP contribution in [0.2, 0.25) is 5.02 Å². The van der Waals surface area contributed by atoms with Gasteiger partial charge in [-0.1, -0.05) is 23.7 Å². The zero-order chi connectivity index (χ0) is 19.4. The number of hydrogen-bond donors (Lipinski definition) is 3. The molecule has 7 nitrogen and oxygen atoms in total. The third kappa shape index (κ3) is 4.38. The Morgan fingerprint density at radius 2 is 2.00 bits per heavy atom. The van der Waals surface area contributed by atoms with Crippen molar-refractivity contribution in [2.75, 3.05) is 17.7 Å². The molecule has 1 atom stereocenters. The number of carbonyl (C=O) groups is 3. The van der Waals surface area contributed by atoms with Crippen LogP contribution in [0.1, 0.15) is 23.2 Å². The van der Waals surface area contributed by atoms with Crippen LogP contribution in [0.25, 0.3) is 0 Å². The number of amides is 3. The van der Waals surface area contributed by atoms with E-state index in [1.165, 1.54) is 7.11 Å². The molecule has 1 aliphatic rings. The van der Waals surface area contributed by atoms with E-state index in [4.69, 9.17) is 16.3 Å². The molecule has 0 aromatic heterocycles. The van der Waals surface area contributed by atoms with Crippen LogP contribution in [0, 0.1) is 0 Å².